The van der Waals surface area contributed by atoms with Gasteiger partial charge in [0.2, 0.25) is 0 Å². The molecule has 0 unspecified atom stereocenters. The molecule has 106 valence electrons. The van der Waals surface area contributed by atoms with Gasteiger partial charge in [-0.1, -0.05) is 6.07 Å². The Morgan fingerprint density at radius 2 is 2.11 bits per heavy atom. The van der Waals surface area contributed by atoms with E-state index in [2.05, 4.69) is 5.32 Å². The van der Waals surface area contributed by atoms with Crippen molar-refractivity contribution in [3.63, 3.8) is 0 Å². The van der Waals surface area contributed by atoms with Gasteiger partial charge in [-0.15, -0.1) is 0 Å². The third-order valence-electron chi connectivity index (χ3n) is 2.58. The van der Waals surface area contributed by atoms with E-state index in [1.807, 2.05) is 6.92 Å². The summed E-state index contributed by atoms with van der Waals surface area (Å²) in [6, 6.07) is 4.99. The lowest BCUT2D eigenvalue weighted by atomic mass is 10.1. The number of carbonyl (C=O) groups is 1. The van der Waals surface area contributed by atoms with Crippen molar-refractivity contribution in [2.75, 3.05) is 33.5 Å². The highest BCUT2D eigenvalue weighted by atomic mass is 16.5. The zero-order chi connectivity index (χ0) is 14.1. The van der Waals surface area contributed by atoms with Gasteiger partial charge in [-0.25, -0.2) is 0 Å². The molecule has 0 saturated heterocycles. The summed E-state index contributed by atoms with van der Waals surface area (Å²) in [5.74, 6) is -0.261. The van der Waals surface area contributed by atoms with Crippen molar-refractivity contribution in [2.45, 2.75) is 13.3 Å². The second-order valence-electron chi connectivity index (χ2n) is 4.24. The average Bonchev–Trinajstić information content (AvgIpc) is 2.37. The number of rotatable bonds is 8. The number of carbonyl (C=O) groups excluding carboxylic acids is 1. The highest BCUT2D eigenvalue weighted by Gasteiger charge is 2.09. The molecule has 1 rings (SSSR count). The normalized spacial score (nSPS) is 10.4. The Kier molecular flexibility index (Phi) is 6.92. The number of ether oxygens (including phenoxy) is 2. The van der Waals surface area contributed by atoms with E-state index >= 15 is 0 Å². The van der Waals surface area contributed by atoms with Gasteiger partial charge < -0.3 is 19.9 Å². The van der Waals surface area contributed by atoms with Crippen LogP contribution in [0.2, 0.25) is 0 Å². The Bertz CT molecular complexity index is 406. The fourth-order valence-corrected chi connectivity index (χ4v) is 1.55. The lowest BCUT2D eigenvalue weighted by molar-refractivity contribution is 0.0688. The van der Waals surface area contributed by atoms with Crippen LogP contribution in [0.1, 0.15) is 22.3 Å². The van der Waals surface area contributed by atoms with Gasteiger partial charge in [0.15, 0.2) is 0 Å². The molecule has 2 N–H and O–H groups in total. The molecule has 0 saturated carbocycles. The summed E-state index contributed by atoms with van der Waals surface area (Å²) in [7, 11) is 1.62. The summed E-state index contributed by atoms with van der Waals surface area (Å²) in [6.07, 6.45) is 0.724. The van der Waals surface area contributed by atoms with Gasteiger partial charge in [0.25, 0.3) is 5.91 Å². The van der Waals surface area contributed by atoms with Crippen LogP contribution in [-0.4, -0.2) is 44.5 Å². The number of aryl methyl sites for hydroxylation is 1. The molecule has 1 aromatic rings. The largest absolute Gasteiger partial charge is 0.507 e. The monoisotopic (exact) mass is 267 g/mol. The van der Waals surface area contributed by atoms with Crippen LogP contribution in [-0.2, 0) is 9.47 Å². The van der Waals surface area contributed by atoms with Crippen LogP contribution in [0, 0.1) is 6.92 Å². The number of benzene rings is 1. The molecule has 0 fully saturated rings. The van der Waals surface area contributed by atoms with E-state index in [1.165, 1.54) is 0 Å². The molecular weight excluding hydrogens is 246 g/mol. The highest BCUT2D eigenvalue weighted by Crippen LogP contribution is 2.17. The molecule has 1 aromatic carbocycles. The van der Waals surface area contributed by atoms with E-state index < -0.39 is 0 Å². The molecule has 5 heteroatoms. The molecule has 0 aliphatic rings. The second kappa shape index (κ2) is 8.50. The summed E-state index contributed by atoms with van der Waals surface area (Å²) in [6.45, 7) is 4.08. The van der Waals surface area contributed by atoms with E-state index in [9.17, 15) is 9.90 Å². The number of phenolic OH excluding ortho intramolecular Hbond substituents is 1. The van der Waals surface area contributed by atoms with Gasteiger partial charge >= 0.3 is 0 Å². The standard InChI is InChI=1S/C14H21NO4/c1-11-4-5-12(13(16)10-11)14(17)15-6-3-7-19-9-8-18-2/h4-5,10,16H,3,6-9H2,1-2H3,(H,15,17). The maximum absolute atomic E-state index is 11.8. The third-order valence-corrected chi connectivity index (χ3v) is 2.58. The van der Waals surface area contributed by atoms with Gasteiger partial charge in [0.1, 0.15) is 5.75 Å². The van der Waals surface area contributed by atoms with Gasteiger partial charge in [-0.05, 0) is 31.0 Å². The Hall–Kier alpha value is -1.59. The molecular formula is C14H21NO4. The van der Waals surface area contributed by atoms with Crippen molar-refractivity contribution in [2.24, 2.45) is 0 Å². The number of hydrogen-bond acceptors (Lipinski definition) is 4. The van der Waals surface area contributed by atoms with Crippen LogP contribution in [0.3, 0.4) is 0 Å². The quantitative estimate of drug-likeness (QED) is 0.700. The maximum atomic E-state index is 11.8. The predicted octanol–water partition coefficient (Wildman–Crippen LogP) is 1.48. The minimum Gasteiger partial charge on any atom is -0.507 e. The number of nitrogens with one attached hydrogen (secondary N) is 1. The Balaban J connectivity index is 2.24. The van der Waals surface area contributed by atoms with Crippen LogP contribution in [0.4, 0.5) is 0 Å². The van der Waals surface area contributed by atoms with E-state index in [1.54, 1.807) is 25.3 Å². The highest BCUT2D eigenvalue weighted by molar-refractivity contribution is 5.96. The lowest BCUT2D eigenvalue weighted by Crippen LogP contribution is -2.25. The van der Waals surface area contributed by atoms with Crippen molar-refractivity contribution in [1.82, 2.24) is 5.32 Å². The first-order valence-corrected chi connectivity index (χ1v) is 6.29. The molecule has 0 atom stereocenters. The van der Waals surface area contributed by atoms with Crippen molar-refractivity contribution < 1.29 is 19.4 Å². The van der Waals surface area contributed by atoms with E-state index in [0.717, 1.165) is 12.0 Å². The van der Waals surface area contributed by atoms with E-state index in [0.29, 0.717) is 31.9 Å². The van der Waals surface area contributed by atoms with Crippen LogP contribution in [0.5, 0.6) is 5.75 Å². The summed E-state index contributed by atoms with van der Waals surface area (Å²) in [5.41, 5.74) is 1.21. The van der Waals surface area contributed by atoms with Crippen LogP contribution in [0.25, 0.3) is 0 Å². The van der Waals surface area contributed by atoms with Crippen molar-refractivity contribution in [3.8, 4) is 5.75 Å². The molecule has 0 aromatic heterocycles. The minimum atomic E-state index is -0.269. The molecule has 0 aliphatic heterocycles. The molecule has 0 radical (unpaired) electrons. The van der Waals surface area contributed by atoms with Crippen molar-refractivity contribution in [3.05, 3.63) is 29.3 Å². The zero-order valence-electron chi connectivity index (χ0n) is 11.4. The first-order chi connectivity index (χ1) is 9.15. The lowest BCUT2D eigenvalue weighted by Gasteiger charge is -2.08. The number of amides is 1. The Labute approximate surface area is 113 Å². The molecule has 0 heterocycles. The molecule has 19 heavy (non-hydrogen) atoms. The SMILES string of the molecule is COCCOCCCNC(=O)c1ccc(C)cc1O. The molecule has 0 aliphatic carbocycles. The Morgan fingerprint density at radius 3 is 2.79 bits per heavy atom. The molecule has 5 nitrogen and oxygen atoms in total. The maximum Gasteiger partial charge on any atom is 0.255 e. The summed E-state index contributed by atoms with van der Waals surface area (Å²) in [5, 5.41) is 12.4. The minimum absolute atomic E-state index is 0.00819. The third kappa shape index (κ3) is 5.72. The fraction of sp³-hybridized carbons (Fsp3) is 0.500. The van der Waals surface area contributed by atoms with Gasteiger partial charge in [0.05, 0.1) is 18.8 Å². The Morgan fingerprint density at radius 1 is 1.32 bits per heavy atom. The average molecular weight is 267 g/mol. The number of hydrogen-bond donors (Lipinski definition) is 2. The van der Waals surface area contributed by atoms with Crippen LogP contribution < -0.4 is 5.32 Å². The van der Waals surface area contributed by atoms with Crippen LogP contribution in [0.15, 0.2) is 18.2 Å². The van der Waals surface area contributed by atoms with Crippen molar-refractivity contribution >= 4 is 5.91 Å². The topological polar surface area (TPSA) is 67.8 Å². The van der Waals surface area contributed by atoms with Gasteiger partial charge in [0, 0.05) is 20.3 Å². The predicted molar refractivity (Wildman–Crippen MR) is 72.5 cm³/mol. The van der Waals surface area contributed by atoms with E-state index in [4.69, 9.17) is 9.47 Å². The smallest absolute Gasteiger partial charge is 0.255 e. The van der Waals surface area contributed by atoms with Gasteiger partial charge in [-0.2, -0.15) is 0 Å². The first-order valence-electron chi connectivity index (χ1n) is 6.29. The first kappa shape index (κ1) is 15.5. The second-order valence-corrected chi connectivity index (χ2v) is 4.24. The van der Waals surface area contributed by atoms with Gasteiger partial charge in [-0.3, -0.25) is 4.79 Å². The summed E-state index contributed by atoms with van der Waals surface area (Å²) >= 11 is 0. The summed E-state index contributed by atoms with van der Waals surface area (Å²) in [4.78, 5) is 11.8. The van der Waals surface area contributed by atoms with Crippen molar-refractivity contribution in [1.29, 1.82) is 0 Å². The fourth-order valence-electron chi connectivity index (χ4n) is 1.55. The molecule has 0 bridgehead atoms. The number of methoxy groups -OCH3 is 1. The molecule has 1 amide bonds. The number of phenols is 1. The number of aromatic hydroxyl groups is 1. The zero-order valence-corrected chi connectivity index (χ0v) is 11.4. The molecule has 0 spiro atoms. The van der Waals surface area contributed by atoms with Crippen LogP contribution >= 0.6 is 0 Å². The van der Waals surface area contributed by atoms with E-state index in [-0.39, 0.29) is 11.7 Å². The summed E-state index contributed by atoms with van der Waals surface area (Å²) < 4.78 is 10.1.